The molecule has 0 atom stereocenters. The minimum absolute atomic E-state index is 0.218. The van der Waals surface area contributed by atoms with E-state index in [-0.39, 0.29) is 22.3 Å². The molecule has 0 unspecified atom stereocenters. The van der Waals surface area contributed by atoms with Crippen molar-refractivity contribution in [3.05, 3.63) is 33.4 Å². The van der Waals surface area contributed by atoms with Gasteiger partial charge in [-0.15, -0.1) is 11.8 Å². The normalized spacial score (nSPS) is 12.3. The monoisotopic (exact) mass is 434 g/mol. The molecule has 0 spiro atoms. The first-order valence-electron chi connectivity index (χ1n) is 6.40. The second-order valence-corrected chi connectivity index (χ2v) is 6.58. The summed E-state index contributed by atoms with van der Waals surface area (Å²) < 4.78 is 76.3. The molecule has 2 aromatic rings. The van der Waals surface area contributed by atoms with E-state index in [4.69, 9.17) is 34.2 Å². The van der Waals surface area contributed by atoms with Gasteiger partial charge in [-0.1, -0.05) is 23.2 Å². The first-order valence-corrected chi connectivity index (χ1v) is 8.14. The average Bonchev–Trinajstić information content (AvgIpc) is 2.79. The maximum absolute atomic E-state index is 12.8. The first kappa shape index (κ1) is 20.5. The van der Waals surface area contributed by atoms with Crippen molar-refractivity contribution in [3.63, 3.8) is 0 Å². The lowest BCUT2D eigenvalue weighted by molar-refractivity contribution is -0.137. The SMILES string of the molecule is N#Cc1nn(-c2c(Cl)cc(C(F)(F)F)cc2Cl)c(N)c1SCC(F)(F)F. The summed E-state index contributed by atoms with van der Waals surface area (Å²) in [4.78, 5) is -0.281. The lowest BCUT2D eigenvalue weighted by atomic mass is 10.2. The summed E-state index contributed by atoms with van der Waals surface area (Å²) in [7, 11) is 0. The van der Waals surface area contributed by atoms with E-state index < -0.39 is 45.2 Å². The van der Waals surface area contributed by atoms with Gasteiger partial charge in [-0.3, -0.25) is 0 Å². The van der Waals surface area contributed by atoms with Crippen LogP contribution in [0.3, 0.4) is 0 Å². The molecule has 0 bridgehead atoms. The molecule has 26 heavy (non-hydrogen) atoms. The van der Waals surface area contributed by atoms with Crippen molar-refractivity contribution in [3.8, 4) is 11.8 Å². The predicted molar refractivity (Wildman–Crippen MR) is 84.5 cm³/mol. The number of alkyl halides is 6. The summed E-state index contributed by atoms with van der Waals surface area (Å²) in [5.74, 6) is -1.74. The molecule has 13 heteroatoms. The Bertz CT molecular complexity index is 861. The summed E-state index contributed by atoms with van der Waals surface area (Å²) in [6.45, 7) is 0. The molecule has 1 aromatic carbocycles. The highest BCUT2D eigenvalue weighted by Gasteiger charge is 2.33. The molecule has 0 aliphatic carbocycles. The van der Waals surface area contributed by atoms with Crippen molar-refractivity contribution in [2.75, 3.05) is 11.5 Å². The van der Waals surface area contributed by atoms with Crippen LogP contribution in [0.25, 0.3) is 5.69 Å². The van der Waals surface area contributed by atoms with Crippen molar-refractivity contribution in [2.45, 2.75) is 17.2 Å². The Balaban J connectivity index is 2.57. The standard InChI is InChI=1S/C13H6Cl2F6N4S/c14-6-1-5(13(19,20)21)2-7(15)9(6)25-11(23)10(8(3-22)24-25)26-4-12(16,17)18/h1-2H,4,23H2. The molecule has 2 rings (SSSR count). The van der Waals surface area contributed by atoms with Crippen LogP contribution in [0.5, 0.6) is 0 Å². The summed E-state index contributed by atoms with van der Waals surface area (Å²) in [5.41, 5.74) is 3.87. The van der Waals surface area contributed by atoms with Gasteiger partial charge in [0.2, 0.25) is 0 Å². The van der Waals surface area contributed by atoms with Gasteiger partial charge in [0.25, 0.3) is 0 Å². The third kappa shape index (κ3) is 4.31. The fourth-order valence-electron chi connectivity index (χ4n) is 1.89. The maximum Gasteiger partial charge on any atom is 0.416 e. The van der Waals surface area contributed by atoms with Crippen LogP contribution in [0.2, 0.25) is 10.0 Å². The Morgan fingerprint density at radius 3 is 2.12 bits per heavy atom. The van der Waals surface area contributed by atoms with Crippen molar-refractivity contribution in [1.29, 1.82) is 5.26 Å². The Kier molecular flexibility index (Phi) is 5.60. The van der Waals surface area contributed by atoms with Gasteiger partial charge >= 0.3 is 12.4 Å². The molecule has 0 radical (unpaired) electrons. The van der Waals surface area contributed by atoms with E-state index in [0.717, 1.165) is 4.68 Å². The van der Waals surface area contributed by atoms with Crippen LogP contribution >= 0.6 is 35.0 Å². The average molecular weight is 435 g/mol. The first-order chi connectivity index (χ1) is 11.8. The van der Waals surface area contributed by atoms with E-state index in [1.54, 1.807) is 6.07 Å². The quantitative estimate of drug-likeness (QED) is 0.525. The molecule has 0 aliphatic heterocycles. The van der Waals surface area contributed by atoms with Gasteiger partial charge in [-0.25, -0.2) is 4.68 Å². The van der Waals surface area contributed by atoms with E-state index in [1.807, 2.05) is 0 Å². The molecule has 0 fully saturated rings. The predicted octanol–water partition coefficient (Wildman–Crippen LogP) is 5.31. The summed E-state index contributed by atoms with van der Waals surface area (Å²) in [6.07, 6.45) is -9.25. The van der Waals surface area contributed by atoms with Gasteiger partial charge in [0, 0.05) is 0 Å². The Labute approximate surface area is 156 Å². The maximum atomic E-state index is 12.8. The molecule has 1 aromatic heterocycles. The molecule has 1 heterocycles. The Morgan fingerprint density at radius 1 is 1.15 bits per heavy atom. The lowest BCUT2D eigenvalue weighted by Gasteiger charge is -2.13. The minimum Gasteiger partial charge on any atom is -0.383 e. The molecular weight excluding hydrogens is 429 g/mol. The third-order valence-electron chi connectivity index (χ3n) is 2.92. The number of nitriles is 1. The summed E-state index contributed by atoms with van der Waals surface area (Å²) in [6, 6.07) is 2.71. The number of aromatic nitrogens is 2. The zero-order chi connectivity index (χ0) is 19.9. The number of nitrogens with zero attached hydrogens (tertiary/aromatic N) is 3. The highest BCUT2D eigenvalue weighted by Crippen LogP contribution is 2.40. The molecule has 2 N–H and O–H groups in total. The van der Waals surface area contributed by atoms with E-state index in [1.165, 1.54) is 0 Å². The number of nitrogen functional groups attached to an aromatic ring is 1. The van der Waals surface area contributed by atoms with Crippen LogP contribution in [-0.4, -0.2) is 21.7 Å². The molecule has 140 valence electrons. The van der Waals surface area contributed by atoms with Gasteiger partial charge in [0.1, 0.15) is 17.6 Å². The zero-order valence-corrected chi connectivity index (χ0v) is 14.5. The Hall–Kier alpha value is -1.77. The van der Waals surface area contributed by atoms with Gasteiger partial charge in [-0.05, 0) is 12.1 Å². The van der Waals surface area contributed by atoms with Crippen LogP contribution < -0.4 is 5.73 Å². The van der Waals surface area contributed by atoms with Gasteiger partial charge in [0.05, 0.1) is 26.3 Å². The van der Waals surface area contributed by atoms with Crippen molar-refractivity contribution >= 4 is 40.8 Å². The molecule has 0 saturated heterocycles. The number of rotatable bonds is 3. The molecule has 0 aliphatic rings. The second-order valence-electron chi connectivity index (χ2n) is 4.78. The van der Waals surface area contributed by atoms with Crippen molar-refractivity contribution < 1.29 is 26.3 Å². The zero-order valence-electron chi connectivity index (χ0n) is 12.2. The topological polar surface area (TPSA) is 67.6 Å². The number of hydrogen-bond donors (Lipinski definition) is 1. The van der Waals surface area contributed by atoms with E-state index in [9.17, 15) is 26.3 Å². The smallest absolute Gasteiger partial charge is 0.383 e. The molecule has 0 amide bonds. The van der Waals surface area contributed by atoms with Crippen molar-refractivity contribution in [2.24, 2.45) is 0 Å². The van der Waals surface area contributed by atoms with Crippen LogP contribution in [0.15, 0.2) is 17.0 Å². The van der Waals surface area contributed by atoms with Gasteiger partial charge in [0.15, 0.2) is 5.69 Å². The second kappa shape index (κ2) is 7.09. The largest absolute Gasteiger partial charge is 0.416 e. The third-order valence-corrected chi connectivity index (χ3v) is 4.66. The van der Waals surface area contributed by atoms with Crippen LogP contribution in [0.1, 0.15) is 11.3 Å². The highest BCUT2D eigenvalue weighted by atomic mass is 35.5. The fraction of sp³-hybridized carbons (Fsp3) is 0.231. The highest BCUT2D eigenvalue weighted by molar-refractivity contribution is 7.99. The number of hydrogen-bond acceptors (Lipinski definition) is 4. The molecule has 4 nitrogen and oxygen atoms in total. The summed E-state index contributed by atoms with van der Waals surface area (Å²) >= 11 is 11.9. The van der Waals surface area contributed by atoms with E-state index in [0.29, 0.717) is 12.1 Å². The number of anilines is 1. The molecular formula is C13H6Cl2F6N4S. The fourth-order valence-corrected chi connectivity index (χ4v) is 3.30. The van der Waals surface area contributed by atoms with Crippen molar-refractivity contribution in [1.82, 2.24) is 9.78 Å². The number of thioether (sulfide) groups is 1. The van der Waals surface area contributed by atoms with Gasteiger partial charge in [-0.2, -0.15) is 36.7 Å². The number of halogens is 8. The number of benzene rings is 1. The van der Waals surface area contributed by atoms with Crippen LogP contribution in [-0.2, 0) is 6.18 Å². The van der Waals surface area contributed by atoms with Gasteiger partial charge < -0.3 is 5.73 Å². The lowest BCUT2D eigenvalue weighted by Crippen LogP contribution is -2.11. The minimum atomic E-state index is -4.72. The van der Waals surface area contributed by atoms with Crippen LogP contribution in [0.4, 0.5) is 32.2 Å². The Morgan fingerprint density at radius 2 is 1.69 bits per heavy atom. The van der Waals surface area contributed by atoms with E-state index >= 15 is 0 Å². The van der Waals surface area contributed by atoms with E-state index in [2.05, 4.69) is 5.10 Å². The molecule has 0 saturated carbocycles. The summed E-state index contributed by atoms with van der Waals surface area (Å²) in [5, 5.41) is 11.8. The number of nitrogens with two attached hydrogens (primary N) is 1. The van der Waals surface area contributed by atoms with Crippen LogP contribution in [0, 0.1) is 11.3 Å².